The van der Waals surface area contributed by atoms with Crippen molar-refractivity contribution in [2.45, 2.75) is 31.7 Å². The van der Waals surface area contributed by atoms with E-state index in [0.29, 0.717) is 12.1 Å². The number of carbonyl (C=O) groups is 3. The number of fused-ring (bicyclic) bond motifs is 2. The number of aryl methyl sites for hydroxylation is 1. The Morgan fingerprint density at radius 1 is 1.00 bits per heavy atom. The van der Waals surface area contributed by atoms with Crippen LogP contribution in [-0.4, -0.2) is 89.6 Å². The summed E-state index contributed by atoms with van der Waals surface area (Å²) in [5.74, 6) is -0.358. The number of urea groups is 1. The van der Waals surface area contributed by atoms with E-state index in [-0.39, 0.29) is 56.2 Å². The second-order valence-corrected chi connectivity index (χ2v) is 11.0. The first-order chi connectivity index (χ1) is 21.3. The molecule has 226 valence electrons. The van der Waals surface area contributed by atoms with E-state index in [4.69, 9.17) is 0 Å². The molecule has 2 fully saturated rings. The van der Waals surface area contributed by atoms with Crippen LogP contribution in [0, 0.1) is 0 Å². The number of phenolic OH excluding ortho intramolecular Hbond substituents is 1. The van der Waals surface area contributed by atoms with Crippen molar-refractivity contribution in [1.29, 1.82) is 0 Å². The van der Waals surface area contributed by atoms with Gasteiger partial charge in [0.1, 0.15) is 29.0 Å². The summed E-state index contributed by atoms with van der Waals surface area (Å²) in [6, 6.07) is 20.6. The number of hydrogen-bond donors (Lipinski definition) is 2. The van der Waals surface area contributed by atoms with Crippen molar-refractivity contribution in [2.24, 2.45) is 7.05 Å². The van der Waals surface area contributed by atoms with Crippen molar-refractivity contribution >= 4 is 28.9 Å². The summed E-state index contributed by atoms with van der Waals surface area (Å²) in [5, 5.41) is 24.8. The summed E-state index contributed by atoms with van der Waals surface area (Å²) < 4.78 is 0. The first kappa shape index (κ1) is 28.9. The molecule has 1 aromatic heterocycles. The lowest BCUT2D eigenvalue weighted by Crippen LogP contribution is -2.76. The standard InChI is InChI=1S/C32H34N8O4/c1-3-15-38-21-30(42)39-28(17-22-9-12-25(41)13-10-22)31(43)37(19-24-11-14-26-27(16-24)35-36(2)34-26)20-29(39)40(38)32(44)33-18-23-7-5-4-6-8-23/h3-14,16,28-29,41H,1,15,17-21H2,2H3,(H,33,44)/t28?,29-/m0/s1. The first-order valence-electron chi connectivity index (χ1n) is 14.5. The lowest BCUT2D eigenvalue weighted by atomic mass is 9.98. The molecule has 44 heavy (non-hydrogen) atoms. The molecule has 2 atom stereocenters. The van der Waals surface area contributed by atoms with Crippen LogP contribution in [0.25, 0.3) is 11.0 Å². The predicted octanol–water partition coefficient (Wildman–Crippen LogP) is 2.41. The van der Waals surface area contributed by atoms with Gasteiger partial charge in [0, 0.05) is 33.1 Å². The number of hydrazine groups is 1. The van der Waals surface area contributed by atoms with Crippen LogP contribution in [0.5, 0.6) is 5.75 Å². The summed E-state index contributed by atoms with van der Waals surface area (Å²) in [6.07, 6.45) is 1.12. The van der Waals surface area contributed by atoms with E-state index in [9.17, 15) is 19.5 Å². The molecule has 3 heterocycles. The highest BCUT2D eigenvalue weighted by Crippen LogP contribution is 2.30. The fourth-order valence-electron chi connectivity index (χ4n) is 5.94. The van der Waals surface area contributed by atoms with Crippen LogP contribution >= 0.6 is 0 Å². The maximum Gasteiger partial charge on any atom is 0.334 e. The van der Waals surface area contributed by atoms with E-state index in [1.165, 1.54) is 4.80 Å². The number of nitrogens with zero attached hydrogens (tertiary/aromatic N) is 7. The fourth-order valence-corrected chi connectivity index (χ4v) is 5.94. The minimum atomic E-state index is -0.860. The third-order valence-electron chi connectivity index (χ3n) is 7.95. The molecule has 4 amide bonds. The predicted molar refractivity (Wildman–Crippen MR) is 162 cm³/mol. The third kappa shape index (κ3) is 5.84. The summed E-state index contributed by atoms with van der Waals surface area (Å²) in [5.41, 5.74) is 4.03. The van der Waals surface area contributed by atoms with E-state index in [2.05, 4.69) is 22.1 Å². The van der Waals surface area contributed by atoms with Crippen molar-refractivity contribution < 1.29 is 19.5 Å². The number of piperazine rings is 1. The topological polar surface area (TPSA) is 127 Å². The molecular weight excluding hydrogens is 560 g/mol. The number of nitrogens with one attached hydrogen (secondary N) is 1. The normalized spacial score (nSPS) is 18.9. The molecule has 12 heteroatoms. The van der Waals surface area contributed by atoms with Gasteiger partial charge in [0.25, 0.3) is 0 Å². The minimum absolute atomic E-state index is 0.0794. The van der Waals surface area contributed by atoms with Gasteiger partial charge in [0.2, 0.25) is 11.8 Å². The van der Waals surface area contributed by atoms with Crippen molar-refractivity contribution in [3.8, 4) is 5.75 Å². The van der Waals surface area contributed by atoms with Gasteiger partial charge in [-0.15, -0.1) is 6.58 Å². The van der Waals surface area contributed by atoms with Gasteiger partial charge >= 0.3 is 6.03 Å². The maximum absolute atomic E-state index is 14.2. The van der Waals surface area contributed by atoms with Gasteiger partial charge in [-0.05, 0) is 41.0 Å². The Morgan fingerprint density at radius 3 is 2.48 bits per heavy atom. The summed E-state index contributed by atoms with van der Waals surface area (Å²) in [6.45, 7) is 4.70. The van der Waals surface area contributed by atoms with Crippen molar-refractivity contribution in [3.63, 3.8) is 0 Å². The van der Waals surface area contributed by atoms with E-state index < -0.39 is 12.2 Å². The number of hydrogen-bond acceptors (Lipinski definition) is 7. The molecular formula is C32H34N8O4. The average molecular weight is 595 g/mol. The second kappa shape index (κ2) is 12.2. The summed E-state index contributed by atoms with van der Waals surface area (Å²) in [7, 11) is 1.75. The monoisotopic (exact) mass is 594 g/mol. The molecule has 0 spiro atoms. The Morgan fingerprint density at radius 2 is 1.73 bits per heavy atom. The zero-order valence-electron chi connectivity index (χ0n) is 24.4. The Balaban J connectivity index is 1.35. The quantitative estimate of drug-likeness (QED) is 0.300. The van der Waals surface area contributed by atoms with Gasteiger partial charge in [0.15, 0.2) is 0 Å². The Labute approximate surface area is 254 Å². The highest BCUT2D eigenvalue weighted by molar-refractivity contribution is 5.92. The van der Waals surface area contributed by atoms with Gasteiger partial charge in [0.05, 0.1) is 13.1 Å². The number of rotatable bonds is 8. The minimum Gasteiger partial charge on any atom is -0.508 e. The molecule has 0 radical (unpaired) electrons. The largest absolute Gasteiger partial charge is 0.508 e. The Hall–Kier alpha value is -5.23. The van der Waals surface area contributed by atoms with E-state index in [1.54, 1.807) is 57.2 Å². The van der Waals surface area contributed by atoms with E-state index >= 15 is 0 Å². The van der Waals surface area contributed by atoms with Gasteiger partial charge in [-0.2, -0.15) is 15.0 Å². The smallest absolute Gasteiger partial charge is 0.334 e. The number of aromatic nitrogens is 3. The molecule has 1 unspecified atom stereocenters. The van der Waals surface area contributed by atoms with Gasteiger partial charge < -0.3 is 20.2 Å². The van der Waals surface area contributed by atoms with Crippen molar-refractivity contribution in [2.75, 3.05) is 19.6 Å². The molecule has 2 aliphatic rings. The van der Waals surface area contributed by atoms with Crippen LogP contribution in [0.3, 0.4) is 0 Å². The number of aromatic hydroxyl groups is 1. The lowest BCUT2D eigenvalue weighted by Gasteiger charge is -2.55. The molecule has 2 aliphatic heterocycles. The molecule has 12 nitrogen and oxygen atoms in total. The fraction of sp³-hybridized carbons (Fsp3) is 0.281. The number of carbonyl (C=O) groups excluding carboxylic acids is 3. The van der Waals surface area contributed by atoms with Crippen LogP contribution in [0.4, 0.5) is 4.79 Å². The molecule has 0 bridgehead atoms. The molecule has 0 saturated carbocycles. The summed E-state index contributed by atoms with van der Waals surface area (Å²) in [4.78, 5) is 46.5. The number of phenols is 1. The van der Waals surface area contributed by atoms with Gasteiger partial charge in [-0.25, -0.2) is 14.8 Å². The zero-order valence-corrected chi connectivity index (χ0v) is 24.4. The average Bonchev–Trinajstić information content (AvgIpc) is 3.39. The maximum atomic E-state index is 14.2. The summed E-state index contributed by atoms with van der Waals surface area (Å²) >= 11 is 0. The highest BCUT2D eigenvalue weighted by Gasteiger charge is 2.51. The van der Waals surface area contributed by atoms with Crippen molar-refractivity contribution in [1.82, 2.24) is 40.1 Å². The molecule has 2 saturated heterocycles. The molecule has 6 rings (SSSR count). The molecule has 0 aliphatic carbocycles. The zero-order chi connectivity index (χ0) is 30.8. The first-order valence-corrected chi connectivity index (χ1v) is 14.5. The van der Waals surface area contributed by atoms with Crippen LogP contribution in [0.1, 0.15) is 16.7 Å². The SMILES string of the molecule is C=CCN1CC(=O)N2C(Cc3ccc(O)cc3)C(=O)N(Cc3ccc4nn(C)nc4c3)C[C@@H]2N1C(=O)NCc1ccccc1. The lowest BCUT2D eigenvalue weighted by molar-refractivity contribution is -0.189. The number of benzene rings is 3. The van der Waals surface area contributed by atoms with Crippen LogP contribution in [0.2, 0.25) is 0 Å². The third-order valence-corrected chi connectivity index (χ3v) is 7.95. The van der Waals surface area contributed by atoms with Gasteiger partial charge in [-0.1, -0.05) is 54.6 Å². The second-order valence-electron chi connectivity index (χ2n) is 11.0. The van der Waals surface area contributed by atoms with Crippen molar-refractivity contribution in [3.05, 3.63) is 102 Å². The number of amides is 4. The molecule has 2 N–H and O–H groups in total. The molecule has 4 aromatic rings. The van der Waals surface area contributed by atoms with Crippen LogP contribution in [-0.2, 0) is 36.1 Å². The van der Waals surface area contributed by atoms with E-state index in [0.717, 1.165) is 22.2 Å². The van der Waals surface area contributed by atoms with E-state index in [1.807, 2.05) is 48.5 Å². The molecule has 3 aromatic carbocycles. The van der Waals surface area contributed by atoms with Gasteiger partial charge in [-0.3, -0.25) is 9.59 Å². The Kier molecular flexibility index (Phi) is 7.99. The highest BCUT2D eigenvalue weighted by atomic mass is 16.3. The Bertz CT molecular complexity index is 1690. The van der Waals surface area contributed by atoms with Crippen LogP contribution in [0.15, 0.2) is 85.5 Å². The van der Waals surface area contributed by atoms with Crippen LogP contribution < -0.4 is 5.32 Å².